The van der Waals surface area contributed by atoms with E-state index in [1.807, 2.05) is 0 Å². The van der Waals surface area contributed by atoms with Crippen LogP contribution in [0.5, 0.6) is 5.75 Å². The summed E-state index contributed by atoms with van der Waals surface area (Å²) < 4.78 is 20.7. The number of carboxylic acids is 1. The number of hydrogen-bond acceptors (Lipinski definition) is 7. The fourth-order valence-corrected chi connectivity index (χ4v) is 2.07. The zero-order valence-electron chi connectivity index (χ0n) is 13.1. The summed E-state index contributed by atoms with van der Waals surface area (Å²) in [6.07, 6.45) is -1.11. The van der Waals surface area contributed by atoms with Gasteiger partial charge < -0.3 is 28.5 Å². The molecular formula is C16H17O7-. The van der Waals surface area contributed by atoms with E-state index in [1.165, 1.54) is 20.1 Å². The largest absolute Gasteiger partial charge is 0.546 e. The van der Waals surface area contributed by atoms with Gasteiger partial charge in [-0.2, -0.15) is 0 Å². The van der Waals surface area contributed by atoms with Gasteiger partial charge in [0.05, 0.1) is 12.6 Å². The maximum Gasteiger partial charge on any atom is 0.342 e. The van der Waals surface area contributed by atoms with Crippen LogP contribution in [-0.4, -0.2) is 38.4 Å². The van der Waals surface area contributed by atoms with E-state index >= 15 is 0 Å². The summed E-state index contributed by atoms with van der Waals surface area (Å²) in [5, 5.41) is 11.2. The Bertz CT molecular complexity index is 717. The molecule has 0 aliphatic rings. The molecule has 1 aromatic carbocycles. The van der Waals surface area contributed by atoms with Crippen LogP contribution in [0.25, 0.3) is 11.0 Å². The molecular weight excluding hydrogens is 304 g/mol. The molecule has 0 aliphatic carbocycles. The van der Waals surface area contributed by atoms with Gasteiger partial charge in [-0.05, 0) is 32.0 Å². The molecule has 0 radical (unpaired) electrons. The lowest BCUT2D eigenvalue weighted by Gasteiger charge is -2.15. The minimum absolute atomic E-state index is 0.124. The third kappa shape index (κ3) is 3.81. The number of benzene rings is 1. The van der Waals surface area contributed by atoms with Crippen molar-refractivity contribution < 1.29 is 33.3 Å². The average Bonchev–Trinajstić information content (AvgIpc) is 2.82. The van der Waals surface area contributed by atoms with Crippen LogP contribution < -0.4 is 9.84 Å². The molecule has 0 aliphatic heterocycles. The number of fused-ring (bicyclic) bond motifs is 1. The lowest BCUT2D eigenvalue weighted by Crippen LogP contribution is -2.37. The Morgan fingerprint density at radius 3 is 2.70 bits per heavy atom. The number of rotatable bonds is 7. The van der Waals surface area contributed by atoms with E-state index in [1.54, 1.807) is 19.1 Å². The molecule has 7 heteroatoms. The lowest BCUT2D eigenvalue weighted by molar-refractivity contribution is -0.312. The second-order valence-corrected chi connectivity index (χ2v) is 4.90. The fourth-order valence-electron chi connectivity index (χ4n) is 2.07. The van der Waals surface area contributed by atoms with Crippen LogP contribution >= 0.6 is 0 Å². The second-order valence-electron chi connectivity index (χ2n) is 4.90. The molecule has 2 aromatic rings. The molecule has 0 bridgehead atoms. The summed E-state index contributed by atoms with van der Waals surface area (Å²) in [6.45, 7) is 3.43. The zero-order valence-corrected chi connectivity index (χ0v) is 13.1. The van der Waals surface area contributed by atoms with Crippen LogP contribution in [0, 0.1) is 6.92 Å². The third-order valence-electron chi connectivity index (χ3n) is 3.21. The molecule has 0 amide bonds. The zero-order chi connectivity index (χ0) is 17.0. The molecule has 0 saturated carbocycles. The summed E-state index contributed by atoms with van der Waals surface area (Å²) in [5.74, 6) is -1.16. The highest BCUT2D eigenvalue weighted by Crippen LogP contribution is 2.30. The van der Waals surface area contributed by atoms with Gasteiger partial charge in [0.25, 0.3) is 0 Å². The number of ether oxygens (including phenoxy) is 3. The van der Waals surface area contributed by atoms with Crippen molar-refractivity contribution in [2.75, 3.05) is 20.3 Å². The number of esters is 1. The number of aryl methyl sites for hydroxylation is 1. The van der Waals surface area contributed by atoms with Gasteiger partial charge in [0, 0.05) is 12.5 Å². The van der Waals surface area contributed by atoms with Gasteiger partial charge in [0.15, 0.2) is 0 Å². The molecule has 0 fully saturated rings. The van der Waals surface area contributed by atoms with Crippen LogP contribution in [0.2, 0.25) is 0 Å². The first kappa shape index (κ1) is 16.8. The first-order valence-electron chi connectivity index (χ1n) is 7.00. The highest BCUT2D eigenvalue weighted by atomic mass is 16.6. The summed E-state index contributed by atoms with van der Waals surface area (Å²) in [4.78, 5) is 22.9. The van der Waals surface area contributed by atoms with Gasteiger partial charge in [-0.3, -0.25) is 0 Å². The number of aliphatic carboxylic acids is 1. The van der Waals surface area contributed by atoms with Crippen molar-refractivity contribution in [1.29, 1.82) is 0 Å². The Kier molecular flexibility index (Phi) is 5.23. The predicted octanol–water partition coefficient (Wildman–Crippen LogP) is 1.06. The van der Waals surface area contributed by atoms with Crippen molar-refractivity contribution in [3.8, 4) is 5.75 Å². The second kappa shape index (κ2) is 7.15. The van der Waals surface area contributed by atoms with Gasteiger partial charge in [0.2, 0.25) is 0 Å². The fraction of sp³-hybridized carbons (Fsp3) is 0.375. The Labute approximate surface area is 132 Å². The number of methoxy groups -OCH3 is 1. The SMILES string of the molecule is COCCOC(=O)c1c(C)oc2ccc(O[C@H](C)C(=O)[O-])cc12. The average molecular weight is 321 g/mol. The summed E-state index contributed by atoms with van der Waals surface area (Å²) in [7, 11) is 1.51. The van der Waals surface area contributed by atoms with Crippen LogP contribution in [0.3, 0.4) is 0 Å². The van der Waals surface area contributed by atoms with Gasteiger partial charge >= 0.3 is 5.97 Å². The Morgan fingerprint density at radius 2 is 2.04 bits per heavy atom. The molecule has 0 N–H and O–H groups in total. The number of carboxylic acid groups (broad SMARTS) is 1. The standard InChI is InChI=1S/C16H18O7/c1-9-14(16(19)21-7-6-20-3)12-8-11(4-5-13(12)23-9)22-10(2)15(17)18/h4-5,8,10H,6-7H2,1-3H3,(H,17,18)/p-1/t10-/m1/s1. The van der Waals surface area contributed by atoms with Crippen LogP contribution in [0.1, 0.15) is 23.0 Å². The first-order chi connectivity index (χ1) is 10.9. The van der Waals surface area contributed by atoms with Crippen molar-refractivity contribution in [2.45, 2.75) is 20.0 Å². The van der Waals surface area contributed by atoms with Gasteiger partial charge in [-0.1, -0.05) is 0 Å². The number of carbonyl (C=O) groups is 2. The molecule has 0 unspecified atom stereocenters. The van der Waals surface area contributed by atoms with E-state index in [4.69, 9.17) is 18.6 Å². The first-order valence-corrected chi connectivity index (χ1v) is 7.00. The van der Waals surface area contributed by atoms with E-state index in [-0.39, 0.29) is 18.8 Å². The minimum Gasteiger partial charge on any atom is -0.546 e. The summed E-state index contributed by atoms with van der Waals surface area (Å²) >= 11 is 0. The molecule has 23 heavy (non-hydrogen) atoms. The molecule has 7 nitrogen and oxygen atoms in total. The maximum atomic E-state index is 12.2. The number of carbonyl (C=O) groups excluding carboxylic acids is 2. The molecule has 0 saturated heterocycles. The van der Waals surface area contributed by atoms with E-state index in [0.29, 0.717) is 22.5 Å². The van der Waals surface area contributed by atoms with E-state index in [9.17, 15) is 14.7 Å². The molecule has 2 rings (SSSR count). The monoisotopic (exact) mass is 321 g/mol. The highest BCUT2D eigenvalue weighted by Gasteiger charge is 2.20. The van der Waals surface area contributed by atoms with E-state index < -0.39 is 18.0 Å². The topological polar surface area (TPSA) is 98.0 Å². The van der Waals surface area contributed by atoms with Crippen LogP contribution in [0.4, 0.5) is 0 Å². The van der Waals surface area contributed by atoms with Gasteiger partial charge in [-0.25, -0.2) is 4.79 Å². The molecule has 124 valence electrons. The van der Waals surface area contributed by atoms with Crippen molar-refractivity contribution in [3.63, 3.8) is 0 Å². The van der Waals surface area contributed by atoms with Crippen molar-refractivity contribution >= 4 is 22.9 Å². The summed E-state index contributed by atoms with van der Waals surface area (Å²) in [6, 6.07) is 4.70. The molecule has 1 aromatic heterocycles. The minimum atomic E-state index is -1.33. The smallest absolute Gasteiger partial charge is 0.342 e. The van der Waals surface area contributed by atoms with E-state index in [2.05, 4.69) is 0 Å². The molecule has 1 heterocycles. The van der Waals surface area contributed by atoms with Crippen molar-refractivity contribution in [1.82, 2.24) is 0 Å². The lowest BCUT2D eigenvalue weighted by atomic mass is 10.1. The maximum absolute atomic E-state index is 12.2. The number of furan rings is 1. The molecule has 1 atom stereocenters. The number of hydrogen-bond donors (Lipinski definition) is 0. The Balaban J connectivity index is 2.31. The summed E-state index contributed by atoms with van der Waals surface area (Å²) in [5.41, 5.74) is 0.761. The third-order valence-corrected chi connectivity index (χ3v) is 3.21. The van der Waals surface area contributed by atoms with Gasteiger partial charge in [0.1, 0.15) is 35.4 Å². The Morgan fingerprint density at radius 1 is 1.30 bits per heavy atom. The van der Waals surface area contributed by atoms with Gasteiger partial charge in [-0.15, -0.1) is 0 Å². The quantitative estimate of drug-likeness (QED) is 0.555. The normalized spacial score (nSPS) is 12.1. The highest BCUT2D eigenvalue weighted by molar-refractivity contribution is 6.04. The Hall–Kier alpha value is -2.54. The van der Waals surface area contributed by atoms with Crippen LogP contribution in [-0.2, 0) is 14.3 Å². The van der Waals surface area contributed by atoms with Crippen molar-refractivity contribution in [2.24, 2.45) is 0 Å². The van der Waals surface area contributed by atoms with Crippen molar-refractivity contribution in [3.05, 3.63) is 29.5 Å². The predicted molar refractivity (Wildman–Crippen MR) is 78.2 cm³/mol. The van der Waals surface area contributed by atoms with E-state index in [0.717, 1.165) is 0 Å². The van der Waals surface area contributed by atoms with Crippen LogP contribution in [0.15, 0.2) is 22.6 Å². The molecule has 0 spiro atoms.